The van der Waals surface area contributed by atoms with E-state index < -0.39 is 0 Å². The highest BCUT2D eigenvalue weighted by Crippen LogP contribution is 2.38. The van der Waals surface area contributed by atoms with Gasteiger partial charge in [-0.25, -0.2) is 9.97 Å². The van der Waals surface area contributed by atoms with E-state index in [0.717, 1.165) is 66.3 Å². The molecule has 0 N–H and O–H groups in total. The molecule has 0 fully saturated rings. The summed E-state index contributed by atoms with van der Waals surface area (Å²) < 4.78 is 6.24. The SMILES string of the molecule is Cc1cc2ccc3c(-c4cccc5c4oc4ccccc45)ncnc3c2c(C)n1. The average molecular weight is 375 g/mol. The quantitative estimate of drug-likeness (QED) is 0.314. The number of furan rings is 1. The summed E-state index contributed by atoms with van der Waals surface area (Å²) in [6.07, 6.45) is 1.64. The van der Waals surface area contributed by atoms with Crippen molar-refractivity contribution < 1.29 is 4.42 Å². The van der Waals surface area contributed by atoms with E-state index in [1.165, 1.54) is 0 Å². The molecule has 3 aromatic carbocycles. The van der Waals surface area contributed by atoms with Crippen LogP contribution >= 0.6 is 0 Å². The predicted molar refractivity (Wildman–Crippen MR) is 117 cm³/mol. The number of pyridine rings is 1. The number of fused-ring (bicyclic) bond motifs is 6. The number of aryl methyl sites for hydroxylation is 2. The second kappa shape index (κ2) is 5.85. The molecule has 138 valence electrons. The lowest BCUT2D eigenvalue weighted by atomic mass is 9.99. The van der Waals surface area contributed by atoms with E-state index in [1.807, 2.05) is 32.0 Å². The Balaban J connectivity index is 1.73. The van der Waals surface area contributed by atoms with Crippen LogP contribution in [-0.2, 0) is 0 Å². The molecule has 0 saturated heterocycles. The smallest absolute Gasteiger partial charge is 0.144 e. The summed E-state index contributed by atoms with van der Waals surface area (Å²) in [4.78, 5) is 13.9. The number of para-hydroxylation sites is 2. The number of rotatable bonds is 1. The van der Waals surface area contributed by atoms with Crippen molar-refractivity contribution in [2.45, 2.75) is 13.8 Å². The molecule has 3 heterocycles. The van der Waals surface area contributed by atoms with Gasteiger partial charge in [-0.2, -0.15) is 0 Å². The van der Waals surface area contributed by atoms with E-state index >= 15 is 0 Å². The summed E-state index contributed by atoms with van der Waals surface area (Å²) in [5, 5.41) is 5.44. The van der Waals surface area contributed by atoms with Crippen LogP contribution in [-0.4, -0.2) is 15.0 Å². The zero-order valence-corrected chi connectivity index (χ0v) is 16.1. The molecule has 3 aromatic heterocycles. The van der Waals surface area contributed by atoms with Gasteiger partial charge in [0.15, 0.2) is 0 Å². The molecule has 4 nitrogen and oxygen atoms in total. The molecule has 4 heteroatoms. The van der Waals surface area contributed by atoms with Crippen LogP contribution in [0.3, 0.4) is 0 Å². The van der Waals surface area contributed by atoms with Gasteiger partial charge < -0.3 is 4.42 Å². The maximum absolute atomic E-state index is 6.24. The lowest BCUT2D eigenvalue weighted by Crippen LogP contribution is -1.94. The molecular formula is C25H17N3O. The second-order valence-electron chi connectivity index (χ2n) is 7.41. The van der Waals surface area contributed by atoms with E-state index in [-0.39, 0.29) is 0 Å². The fourth-order valence-corrected chi connectivity index (χ4v) is 4.37. The van der Waals surface area contributed by atoms with Crippen LogP contribution < -0.4 is 0 Å². The molecule has 29 heavy (non-hydrogen) atoms. The van der Waals surface area contributed by atoms with Crippen molar-refractivity contribution in [2.75, 3.05) is 0 Å². The topological polar surface area (TPSA) is 51.8 Å². The van der Waals surface area contributed by atoms with Gasteiger partial charge in [-0.3, -0.25) is 4.98 Å². The van der Waals surface area contributed by atoms with Crippen LogP contribution in [0.4, 0.5) is 0 Å². The van der Waals surface area contributed by atoms with E-state index in [4.69, 9.17) is 4.42 Å². The monoisotopic (exact) mass is 375 g/mol. The molecular weight excluding hydrogens is 358 g/mol. The van der Waals surface area contributed by atoms with Crippen molar-refractivity contribution in [1.29, 1.82) is 0 Å². The summed E-state index contributed by atoms with van der Waals surface area (Å²) in [5.74, 6) is 0. The van der Waals surface area contributed by atoms with Gasteiger partial charge in [0.05, 0.1) is 11.2 Å². The Labute approximate surface area is 166 Å². The minimum absolute atomic E-state index is 0.854. The van der Waals surface area contributed by atoms with Crippen molar-refractivity contribution in [1.82, 2.24) is 15.0 Å². The zero-order chi connectivity index (χ0) is 19.5. The van der Waals surface area contributed by atoms with Crippen molar-refractivity contribution in [3.05, 3.63) is 78.4 Å². The maximum Gasteiger partial charge on any atom is 0.144 e. The van der Waals surface area contributed by atoms with Gasteiger partial charge in [-0.05, 0) is 43.5 Å². The highest BCUT2D eigenvalue weighted by atomic mass is 16.3. The maximum atomic E-state index is 6.24. The van der Waals surface area contributed by atoms with E-state index in [9.17, 15) is 0 Å². The first-order valence-electron chi connectivity index (χ1n) is 9.63. The summed E-state index contributed by atoms with van der Waals surface area (Å²) >= 11 is 0. The normalized spacial score (nSPS) is 11.8. The molecule has 0 unspecified atom stereocenters. The van der Waals surface area contributed by atoms with Gasteiger partial charge in [-0.1, -0.05) is 36.4 Å². The predicted octanol–water partition coefficient (Wildman–Crippen LogP) is 6.36. The van der Waals surface area contributed by atoms with Crippen molar-refractivity contribution in [3.8, 4) is 11.3 Å². The van der Waals surface area contributed by atoms with Crippen LogP contribution in [0.2, 0.25) is 0 Å². The summed E-state index contributed by atoms with van der Waals surface area (Å²) in [6.45, 7) is 4.06. The fourth-order valence-electron chi connectivity index (χ4n) is 4.37. The van der Waals surface area contributed by atoms with Gasteiger partial charge in [-0.15, -0.1) is 0 Å². The standard InChI is InChI=1S/C25H17N3O/c1-14-12-16-10-11-19-23(26-13-27-24(19)22(16)15(2)28-14)20-8-5-7-18-17-6-3-4-9-21(17)29-25(18)20/h3-13H,1-2H3. The summed E-state index contributed by atoms with van der Waals surface area (Å²) in [6, 6.07) is 20.7. The first-order valence-corrected chi connectivity index (χ1v) is 9.63. The first-order chi connectivity index (χ1) is 14.2. The van der Waals surface area contributed by atoms with Crippen molar-refractivity contribution >= 4 is 43.6 Å². The van der Waals surface area contributed by atoms with Gasteiger partial charge in [0, 0.05) is 38.5 Å². The highest BCUT2D eigenvalue weighted by molar-refractivity contribution is 6.14. The van der Waals surface area contributed by atoms with Gasteiger partial charge in [0.25, 0.3) is 0 Å². The zero-order valence-electron chi connectivity index (χ0n) is 16.1. The molecule has 0 aliphatic heterocycles. The third-order valence-corrected chi connectivity index (χ3v) is 5.57. The van der Waals surface area contributed by atoms with Gasteiger partial charge >= 0.3 is 0 Å². The third-order valence-electron chi connectivity index (χ3n) is 5.57. The van der Waals surface area contributed by atoms with Crippen LogP contribution in [0, 0.1) is 13.8 Å². The molecule has 0 saturated carbocycles. The molecule has 0 aliphatic rings. The van der Waals surface area contributed by atoms with Crippen molar-refractivity contribution in [2.24, 2.45) is 0 Å². The number of hydrogen-bond acceptors (Lipinski definition) is 4. The third kappa shape index (κ3) is 2.29. The Bertz CT molecular complexity index is 1580. The molecule has 6 aromatic rings. The Hall–Kier alpha value is -3.79. The number of benzene rings is 3. The molecule has 0 aliphatic carbocycles. The highest BCUT2D eigenvalue weighted by Gasteiger charge is 2.16. The Morgan fingerprint density at radius 2 is 1.66 bits per heavy atom. The Morgan fingerprint density at radius 3 is 2.59 bits per heavy atom. The molecule has 0 bridgehead atoms. The number of nitrogens with zero attached hydrogens (tertiary/aromatic N) is 3. The average Bonchev–Trinajstić information content (AvgIpc) is 3.11. The van der Waals surface area contributed by atoms with Crippen molar-refractivity contribution in [3.63, 3.8) is 0 Å². The van der Waals surface area contributed by atoms with Gasteiger partial charge in [0.1, 0.15) is 17.5 Å². The summed E-state index contributed by atoms with van der Waals surface area (Å²) in [7, 11) is 0. The Kier molecular flexibility index (Phi) is 3.27. The van der Waals surface area contributed by atoms with Crippen LogP contribution in [0.5, 0.6) is 0 Å². The van der Waals surface area contributed by atoms with Crippen LogP contribution in [0.25, 0.3) is 54.9 Å². The number of hydrogen-bond donors (Lipinski definition) is 0. The lowest BCUT2D eigenvalue weighted by Gasteiger charge is -2.10. The Morgan fingerprint density at radius 1 is 0.793 bits per heavy atom. The fraction of sp³-hybridized carbons (Fsp3) is 0.0800. The molecule has 0 radical (unpaired) electrons. The molecule has 0 spiro atoms. The minimum Gasteiger partial charge on any atom is -0.455 e. The minimum atomic E-state index is 0.854. The second-order valence-corrected chi connectivity index (χ2v) is 7.41. The van der Waals surface area contributed by atoms with Crippen LogP contribution in [0.1, 0.15) is 11.4 Å². The van der Waals surface area contributed by atoms with E-state index in [2.05, 4.69) is 57.4 Å². The first kappa shape index (κ1) is 16.2. The molecule has 0 amide bonds. The van der Waals surface area contributed by atoms with E-state index in [1.54, 1.807) is 6.33 Å². The van der Waals surface area contributed by atoms with Crippen LogP contribution in [0.15, 0.2) is 71.4 Å². The largest absolute Gasteiger partial charge is 0.455 e. The number of aromatic nitrogens is 3. The van der Waals surface area contributed by atoms with Gasteiger partial charge in [0.2, 0.25) is 0 Å². The lowest BCUT2D eigenvalue weighted by molar-refractivity contribution is 0.670. The summed E-state index contributed by atoms with van der Waals surface area (Å²) in [5.41, 5.74) is 6.50. The molecule has 6 rings (SSSR count). The van der Waals surface area contributed by atoms with E-state index in [0.29, 0.717) is 0 Å². The molecule has 0 atom stereocenters.